The quantitative estimate of drug-likeness (QED) is 0.759. The Morgan fingerprint density at radius 2 is 2.19 bits per heavy atom. The lowest BCUT2D eigenvalue weighted by molar-refractivity contribution is 0.184. The maximum Gasteiger partial charge on any atom is 0.279 e. The van der Waals surface area contributed by atoms with Crippen LogP contribution in [0, 0.1) is 0 Å². The van der Waals surface area contributed by atoms with Gasteiger partial charge in [-0.1, -0.05) is 24.3 Å². The molecule has 0 fully saturated rings. The van der Waals surface area contributed by atoms with Gasteiger partial charge < -0.3 is 10.1 Å². The molecule has 1 unspecified atom stereocenters. The molecule has 2 rings (SSSR count). The zero-order valence-corrected chi connectivity index (χ0v) is 13.3. The van der Waals surface area contributed by atoms with Crippen LogP contribution in [0.15, 0.2) is 24.3 Å². The largest absolute Gasteiger partial charge is 0.383 e. The van der Waals surface area contributed by atoms with Crippen LogP contribution in [0.2, 0.25) is 0 Å². The molecule has 0 saturated heterocycles. The molecule has 21 heavy (non-hydrogen) atoms. The summed E-state index contributed by atoms with van der Waals surface area (Å²) in [6, 6.07) is 8.17. The van der Waals surface area contributed by atoms with Gasteiger partial charge >= 0.3 is 0 Å². The van der Waals surface area contributed by atoms with Crippen molar-refractivity contribution in [3.63, 3.8) is 0 Å². The summed E-state index contributed by atoms with van der Waals surface area (Å²) in [6.07, 6.45) is 0.979. The second-order valence-corrected chi connectivity index (χ2v) is 6.99. The molecule has 1 atom stereocenters. The van der Waals surface area contributed by atoms with Crippen LogP contribution in [0.4, 0.5) is 0 Å². The summed E-state index contributed by atoms with van der Waals surface area (Å²) >= 11 is 0. The fraction of sp³-hybridized carbons (Fsp3) is 0.571. The number of ether oxygens (including phenoxy) is 1. The number of hydrogen-bond acceptors (Lipinski definition) is 4. The fourth-order valence-electron chi connectivity index (χ4n) is 2.41. The van der Waals surface area contributed by atoms with Crippen molar-refractivity contribution < 1.29 is 13.2 Å². The van der Waals surface area contributed by atoms with Crippen molar-refractivity contribution in [1.82, 2.24) is 14.3 Å². The minimum Gasteiger partial charge on any atom is -0.383 e. The number of nitrogens with one attached hydrogen (secondary N) is 2. The van der Waals surface area contributed by atoms with Crippen molar-refractivity contribution in [3.05, 3.63) is 35.4 Å². The molecular weight excluding hydrogens is 290 g/mol. The zero-order valence-electron chi connectivity index (χ0n) is 12.5. The maximum atomic E-state index is 12.1. The lowest BCUT2D eigenvalue weighted by Crippen LogP contribution is -2.44. The Kier molecular flexibility index (Phi) is 5.72. The van der Waals surface area contributed by atoms with Crippen molar-refractivity contribution in [1.29, 1.82) is 0 Å². The Morgan fingerprint density at radius 3 is 2.95 bits per heavy atom. The normalized spacial score (nSPS) is 18.7. The van der Waals surface area contributed by atoms with Crippen molar-refractivity contribution in [2.24, 2.45) is 0 Å². The number of nitrogens with zero attached hydrogens (tertiary/aromatic N) is 1. The van der Waals surface area contributed by atoms with Gasteiger partial charge in [-0.3, -0.25) is 0 Å². The maximum absolute atomic E-state index is 12.1. The van der Waals surface area contributed by atoms with E-state index in [1.54, 1.807) is 14.2 Å². The van der Waals surface area contributed by atoms with Crippen molar-refractivity contribution in [2.45, 2.75) is 12.5 Å². The molecule has 2 N–H and O–H groups in total. The summed E-state index contributed by atoms with van der Waals surface area (Å²) in [6.45, 7) is 1.92. The lowest BCUT2D eigenvalue weighted by atomic mass is 9.95. The molecule has 0 aliphatic carbocycles. The van der Waals surface area contributed by atoms with E-state index in [4.69, 9.17) is 4.74 Å². The highest BCUT2D eigenvalue weighted by Crippen LogP contribution is 2.22. The van der Waals surface area contributed by atoms with Gasteiger partial charge in [0.25, 0.3) is 10.2 Å². The van der Waals surface area contributed by atoms with E-state index < -0.39 is 10.2 Å². The Hall–Kier alpha value is -0.990. The van der Waals surface area contributed by atoms with E-state index in [9.17, 15) is 8.42 Å². The fourth-order valence-corrected chi connectivity index (χ4v) is 3.33. The molecule has 0 radical (unpaired) electrons. The minimum atomic E-state index is -3.47. The van der Waals surface area contributed by atoms with Crippen LogP contribution in [0.1, 0.15) is 17.2 Å². The molecule has 1 aliphatic heterocycles. The molecule has 1 aliphatic rings. The van der Waals surface area contributed by atoms with E-state index in [-0.39, 0.29) is 6.04 Å². The molecule has 0 saturated carbocycles. The van der Waals surface area contributed by atoms with E-state index in [2.05, 4.69) is 22.2 Å². The molecule has 1 aromatic rings. The van der Waals surface area contributed by atoms with Crippen LogP contribution < -0.4 is 10.0 Å². The van der Waals surface area contributed by atoms with Crippen LogP contribution in [0.3, 0.4) is 0 Å². The molecule has 0 aromatic heterocycles. The van der Waals surface area contributed by atoms with Gasteiger partial charge in [0.1, 0.15) is 0 Å². The Morgan fingerprint density at radius 1 is 1.43 bits per heavy atom. The monoisotopic (exact) mass is 313 g/mol. The molecule has 1 aromatic carbocycles. The van der Waals surface area contributed by atoms with Gasteiger partial charge in [-0.2, -0.15) is 12.7 Å². The van der Waals surface area contributed by atoms with Crippen molar-refractivity contribution in [3.8, 4) is 0 Å². The third-order valence-corrected chi connectivity index (χ3v) is 5.24. The Bertz CT molecular complexity index is 562. The Labute approximate surface area is 126 Å². The summed E-state index contributed by atoms with van der Waals surface area (Å²) in [4.78, 5) is 0. The standard InChI is InChI=1S/C14H23N3O3S/c1-17(9-10-20-2)21(18,19)16-11-14-13-6-4-3-5-12(13)7-8-15-14/h3-6,14-16H,7-11H2,1-2H3. The van der Waals surface area contributed by atoms with Gasteiger partial charge in [0, 0.05) is 33.3 Å². The summed E-state index contributed by atoms with van der Waals surface area (Å²) in [5, 5.41) is 3.36. The smallest absolute Gasteiger partial charge is 0.279 e. The second kappa shape index (κ2) is 7.33. The predicted octanol–water partition coefficient (Wildman–Crippen LogP) is 0.286. The molecule has 7 heteroatoms. The highest BCUT2D eigenvalue weighted by molar-refractivity contribution is 7.87. The van der Waals surface area contributed by atoms with Gasteiger partial charge in [0.2, 0.25) is 0 Å². The first-order valence-corrected chi connectivity index (χ1v) is 8.49. The van der Waals surface area contributed by atoms with Gasteiger partial charge in [-0.15, -0.1) is 0 Å². The number of likely N-dealkylation sites (N-methyl/N-ethyl adjacent to an activating group) is 1. The van der Waals surface area contributed by atoms with Gasteiger partial charge in [-0.25, -0.2) is 4.72 Å². The first-order chi connectivity index (χ1) is 10.0. The lowest BCUT2D eigenvalue weighted by Gasteiger charge is -2.28. The van der Waals surface area contributed by atoms with Crippen LogP contribution in [0.5, 0.6) is 0 Å². The van der Waals surface area contributed by atoms with Gasteiger partial charge in [0.15, 0.2) is 0 Å². The zero-order chi connectivity index (χ0) is 15.3. The first-order valence-electron chi connectivity index (χ1n) is 7.05. The third-order valence-electron chi connectivity index (χ3n) is 3.71. The van der Waals surface area contributed by atoms with Crippen LogP contribution in [-0.4, -0.2) is 53.1 Å². The van der Waals surface area contributed by atoms with Crippen LogP contribution in [0.25, 0.3) is 0 Å². The molecule has 6 nitrogen and oxygen atoms in total. The molecule has 118 valence electrons. The summed E-state index contributed by atoms with van der Waals surface area (Å²) in [5.41, 5.74) is 2.46. The molecule has 0 spiro atoms. The molecule has 1 heterocycles. The van der Waals surface area contributed by atoms with Gasteiger partial charge in [0.05, 0.1) is 6.61 Å². The van der Waals surface area contributed by atoms with Crippen LogP contribution in [-0.2, 0) is 21.4 Å². The topological polar surface area (TPSA) is 70.7 Å². The first kappa shape index (κ1) is 16.4. The predicted molar refractivity (Wildman–Crippen MR) is 82.3 cm³/mol. The molecule has 0 bridgehead atoms. The van der Waals surface area contributed by atoms with Gasteiger partial charge in [-0.05, 0) is 24.1 Å². The second-order valence-electron chi connectivity index (χ2n) is 5.12. The van der Waals surface area contributed by atoms with E-state index in [0.717, 1.165) is 13.0 Å². The highest BCUT2D eigenvalue weighted by atomic mass is 32.2. The average molecular weight is 313 g/mol. The average Bonchev–Trinajstić information content (AvgIpc) is 2.50. The number of hydrogen-bond donors (Lipinski definition) is 2. The molecule has 0 amide bonds. The minimum absolute atomic E-state index is 0.0144. The van der Waals surface area contributed by atoms with E-state index >= 15 is 0 Å². The van der Waals surface area contributed by atoms with Crippen LogP contribution >= 0.6 is 0 Å². The van der Waals surface area contributed by atoms with Crippen molar-refractivity contribution >= 4 is 10.2 Å². The number of methoxy groups -OCH3 is 1. The summed E-state index contributed by atoms with van der Waals surface area (Å²) < 4.78 is 33.1. The number of rotatable bonds is 7. The highest BCUT2D eigenvalue weighted by Gasteiger charge is 2.23. The third kappa shape index (κ3) is 4.24. The number of benzene rings is 1. The van der Waals surface area contributed by atoms with E-state index in [0.29, 0.717) is 19.7 Å². The van der Waals surface area contributed by atoms with E-state index in [1.807, 2.05) is 12.1 Å². The summed E-state index contributed by atoms with van der Waals surface area (Å²) in [7, 11) is -0.374. The van der Waals surface area contributed by atoms with Crippen molar-refractivity contribution in [2.75, 3.05) is 40.4 Å². The number of fused-ring (bicyclic) bond motifs is 1. The Balaban J connectivity index is 1.97. The molecular formula is C14H23N3O3S. The SMILES string of the molecule is COCCN(C)S(=O)(=O)NCC1NCCc2ccccc21. The summed E-state index contributed by atoms with van der Waals surface area (Å²) in [5.74, 6) is 0. The van der Waals surface area contributed by atoms with E-state index in [1.165, 1.54) is 15.4 Å².